The van der Waals surface area contributed by atoms with Gasteiger partial charge in [-0.15, -0.1) is 0 Å². The molecule has 6 N–H and O–H groups in total. The lowest BCUT2D eigenvalue weighted by molar-refractivity contribution is -0.137. The van der Waals surface area contributed by atoms with Gasteiger partial charge in [-0.1, -0.05) is 64.1 Å². The molecular formula is C64H80N12O10. The SMILES string of the molecule is CC(C)(C)CC(=O)Nc1ccc(Cc2ncc(CC(=O)O)c(N3CCCC3)n2)cc1.CCCC(=O)Nc1ccc(Cc2ncc(CC(=O)O)c(N3CCCC3)n2)cc1.COCC(=O)Nc1ccc(Cc2ncc(CC(=O)O)c(N3CCCC3)n2)cc1. The normalized spacial score (nSPS) is 13.7. The third-order valence-corrected chi connectivity index (χ3v) is 14.2. The molecule has 3 fully saturated rings. The van der Waals surface area contributed by atoms with Gasteiger partial charge in [0.25, 0.3) is 0 Å². The summed E-state index contributed by atoms with van der Waals surface area (Å²) in [6, 6.07) is 22.8. The van der Waals surface area contributed by atoms with Crippen molar-refractivity contribution >= 4 is 70.1 Å². The first kappa shape index (κ1) is 64.6. The van der Waals surface area contributed by atoms with Gasteiger partial charge < -0.3 is 50.7 Å². The summed E-state index contributed by atoms with van der Waals surface area (Å²) in [6.07, 6.45) is 14.6. The van der Waals surface area contributed by atoms with Crippen LogP contribution in [0.2, 0.25) is 0 Å². The fourth-order valence-electron chi connectivity index (χ4n) is 10.2. The average molecular weight is 1180 g/mol. The van der Waals surface area contributed by atoms with Crippen LogP contribution in [0.25, 0.3) is 0 Å². The fourth-order valence-corrected chi connectivity index (χ4v) is 10.2. The molecule has 6 aromatic rings. The van der Waals surface area contributed by atoms with E-state index in [0.717, 1.165) is 130 Å². The van der Waals surface area contributed by atoms with Gasteiger partial charge in [0.05, 0.1) is 19.3 Å². The summed E-state index contributed by atoms with van der Waals surface area (Å²) in [6.45, 7) is 13.5. The number of ether oxygens (including phenoxy) is 1. The molecule has 0 atom stereocenters. The van der Waals surface area contributed by atoms with Crippen molar-refractivity contribution in [2.75, 3.05) is 83.6 Å². The predicted octanol–water partition coefficient (Wildman–Crippen LogP) is 8.58. The number of amides is 3. The van der Waals surface area contributed by atoms with E-state index in [1.807, 2.05) is 100 Å². The van der Waals surface area contributed by atoms with Crippen LogP contribution in [0.4, 0.5) is 34.5 Å². The maximum absolute atomic E-state index is 12.1. The molecule has 3 saturated heterocycles. The van der Waals surface area contributed by atoms with Crippen LogP contribution in [0.1, 0.15) is 136 Å². The van der Waals surface area contributed by atoms with Gasteiger partial charge in [-0.2, -0.15) is 0 Å². The van der Waals surface area contributed by atoms with Gasteiger partial charge in [-0.3, -0.25) is 28.8 Å². The Labute approximate surface area is 502 Å². The van der Waals surface area contributed by atoms with E-state index in [0.29, 0.717) is 72.0 Å². The molecule has 0 saturated carbocycles. The van der Waals surface area contributed by atoms with Crippen molar-refractivity contribution < 1.29 is 48.8 Å². The van der Waals surface area contributed by atoms with E-state index in [4.69, 9.17) is 19.9 Å². The molecule has 0 spiro atoms. The Bertz CT molecular complexity index is 3110. The van der Waals surface area contributed by atoms with Crippen LogP contribution in [0.3, 0.4) is 0 Å². The number of nitrogens with one attached hydrogen (secondary N) is 3. The number of benzene rings is 3. The number of carbonyl (C=O) groups excluding carboxylic acids is 3. The van der Waals surface area contributed by atoms with Gasteiger partial charge in [0.2, 0.25) is 17.7 Å². The van der Waals surface area contributed by atoms with E-state index >= 15 is 0 Å². The maximum atomic E-state index is 12.1. The second-order valence-corrected chi connectivity index (χ2v) is 22.9. The standard InChI is InChI=1S/C23H30N4O3.C21H26N4O3.C20H24N4O4/c1-23(2,3)14-20(28)25-18-8-6-16(7-9-18)12-19-24-15-17(13-21(29)30)22(26-19)27-10-4-5-11-27;1-2-5-19(26)23-17-8-6-15(7-9-17)12-18-22-14-16(13-20(27)28)21(24-18)25-10-3-4-11-25;1-28-13-18(25)22-16-6-4-14(5-7-16)10-17-21-12-15(11-19(26)27)20(23-17)24-8-2-3-9-24/h6-9,15H,4-5,10-14H2,1-3H3,(H,25,28)(H,29,30);6-9,14H,2-5,10-13H2,1H3,(H,23,26)(H,27,28);4-7,12H,2-3,8-11,13H2,1H3,(H,22,25)(H,26,27). The highest BCUT2D eigenvalue weighted by atomic mass is 16.5. The Balaban J connectivity index is 0.000000185. The quantitative estimate of drug-likeness (QED) is 0.0350. The Morgan fingerprint density at radius 2 is 0.779 bits per heavy atom. The van der Waals surface area contributed by atoms with Crippen LogP contribution in [0.5, 0.6) is 0 Å². The molecule has 3 amide bonds. The number of aromatic nitrogens is 6. The van der Waals surface area contributed by atoms with Crippen molar-refractivity contribution in [1.29, 1.82) is 0 Å². The summed E-state index contributed by atoms with van der Waals surface area (Å²) < 4.78 is 4.80. The minimum absolute atomic E-state index is 0.00265. The fraction of sp³-hybridized carbons (Fsp3) is 0.438. The Morgan fingerprint density at radius 3 is 1.06 bits per heavy atom. The zero-order valence-corrected chi connectivity index (χ0v) is 49.9. The van der Waals surface area contributed by atoms with Crippen LogP contribution < -0.4 is 30.7 Å². The Kier molecular flexibility index (Phi) is 23.9. The van der Waals surface area contributed by atoms with E-state index in [2.05, 4.69) is 55.6 Å². The molecule has 9 rings (SSSR count). The summed E-state index contributed by atoms with van der Waals surface area (Å²) in [5.74, 6) is 1.36. The van der Waals surface area contributed by atoms with Crippen LogP contribution in [-0.4, -0.2) is 134 Å². The first-order valence-electron chi connectivity index (χ1n) is 29.4. The number of rotatable bonds is 23. The zero-order chi connectivity index (χ0) is 61.6. The lowest BCUT2D eigenvalue weighted by atomic mass is 9.92. The van der Waals surface area contributed by atoms with Crippen molar-refractivity contribution in [1.82, 2.24) is 29.9 Å². The Hall–Kier alpha value is -8.92. The van der Waals surface area contributed by atoms with Gasteiger partial charge in [-0.05, 0) is 103 Å². The highest BCUT2D eigenvalue weighted by Crippen LogP contribution is 2.28. The molecule has 0 radical (unpaired) electrons. The first-order chi connectivity index (χ1) is 41.3. The van der Waals surface area contributed by atoms with Gasteiger partial charge in [0.1, 0.15) is 41.5 Å². The third kappa shape index (κ3) is 21.0. The zero-order valence-electron chi connectivity index (χ0n) is 49.9. The van der Waals surface area contributed by atoms with Crippen molar-refractivity contribution in [3.63, 3.8) is 0 Å². The minimum atomic E-state index is -0.886. The molecule has 456 valence electrons. The number of anilines is 6. The van der Waals surface area contributed by atoms with Crippen molar-refractivity contribution in [3.8, 4) is 0 Å². The maximum Gasteiger partial charge on any atom is 0.308 e. The topological polar surface area (TPSA) is 295 Å². The van der Waals surface area contributed by atoms with Crippen LogP contribution >= 0.6 is 0 Å². The number of hydrogen-bond acceptors (Lipinski definition) is 16. The second-order valence-electron chi connectivity index (χ2n) is 22.9. The number of carbonyl (C=O) groups is 6. The molecule has 0 unspecified atom stereocenters. The molecule has 3 aromatic heterocycles. The monoisotopic (exact) mass is 1180 g/mol. The molecule has 0 bridgehead atoms. The second kappa shape index (κ2) is 31.8. The number of aliphatic carboxylic acids is 3. The van der Waals surface area contributed by atoms with Gasteiger partial charge in [-0.25, -0.2) is 29.9 Å². The number of carboxylic acid groups (broad SMARTS) is 3. The number of hydrogen-bond donors (Lipinski definition) is 6. The summed E-state index contributed by atoms with van der Waals surface area (Å²) >= 11 is 0. The largest absolute Gasteiger partial charge is 0.481 e. The predicted molar refractivity (Wildman–Crippen MR) is 329 cm³/mol. The average Bonchev–Trinajstić information content (AvgIpc) is 2.47. The summed E-state index contributed by atoms with van der Waals surface area (Å²) in [5, 5.41) is 36.0. The van der Waals surface area contributed by atoms with E-state index in [1.165, 1.54) is 7.11 Å². The Morgan fingerprint density at radius 1 is 0.477 bits per heavy atom. The van der Waals surface area contributed by atoms with E-state index in [-0.39, 0.29) is 49.0 Å². The van der Waals surface area contributed by atoms with Crippen LogP contribution in [-0.2, 0) is 72.0 Å². The van der Waals surface area contributed by atoms with Gasteiger partial charge in [0.15, 0.2) is 0 Å². The third-order valence-electron chi connectivity index (χ3n) is 14.2. The highest BCUT2D eigenvalue weighted by molar-refractivity contribution is 5.92. The van der Waals surface area contributed by atoms with Gasteiger partial charge >= 0.3 is 17.9 Å². The number of carboxylic acids is 3. The van der Waals surface area contributed by atoms with Crippen LogP contribution in [0, 0.1) is 5.41 Å². The molecule has 22 nitrogen and oxygen atoms in total. The number of methoxy groups -OCH3 is 1. The number of nitrogens with zero attached hydrogens (tertiary/aromatic N) is 9. The van der Waals surface area contributed by atoms with Gasteiger partial charge in [0, 0.05) is 131 Å². The smallest absolute Gasteiger partial charge is 0.308 e. The molecule has 22 heteroatoms. The van der Waals surface area contributed by atoms with E-state index < -0.39 is 17.9 Å². The molecule has 3 aliphatic heterocycles. The molecule has 6 heterocycles. The minimum Gasteiger partial charge on any atom is -0.481 e. The van der Waals surface area contributed by atoms with E-state index in [1.54, 1.807) is 18.6 Å². The van der Waals surface area contributed by atoms with Crippen LogP contribution in [0.15, 0.2) is 91.4 Å². The van der Waals surface area contributed by atoms with Crippen molar-refractivity contribution in [3.05, 3.63) is 142 Å². The lowest BCUT2D eigenvalue weighted by Gasteiger charge is -2.20. The summed E-state index contributed by atoms with van der Waals surface area (Å²) in [5.41, 5.74) is 7.22. The van der Waals surface area contributed by atoms with Crippen molar-refractivity contribution in [2.45, 2.75) is 124 Å². The first-order valence-corrected chi connectivity index (χ1v) is 29.4. The summed E-state index contributed by atoms with van der Waals surface area (Å²) in [4.78, 5) is 102. The highest BCUT2D eigenvalue weighted by Gasteiger charge is 2.24. The molecule has 3 aliphatic rings. The molecular weight excluding hydrogens is 1100 g/mol. The lowest BCUT2D eigenvalue weighted by Crippen LogP contribution is -2.22. The van der Waals surface area contributed by atoms with Crippen molar-refractivity contribution in [2.24, 2.45) is 5.41 Å². The summed E-state index contributed by atoms with van der Waals surface area (Å²) in [7, 11) is 1.47. The molecule has 3 aromatic carbocycles. The van der Waals surface area contributed by atoms with E-state index in [9.17, 15) is 33.9 Å². The molecule has 0 aliphatic carbocycles. The molecule has 86 heavy (non-hydrogen) atoms.